The van der Waals surface area contributed by atoms with E-state index in [1.807, 2.05) is 24.3 Å². The van der Waals surface area contributed by atoms with Crippen molar-refractivity contribution in [3.8, 4) is 0 Å². The topological polar surface area (TPSA) is 55.1 Å². The minimum absolute atomic E-state index is 0.186. The zero-order valence-electron chi connectivity index (χ0n) is 8.42. The normalized spacial score (nSPS) is 12.9. The molecule has 0 radical (unpaired) electrons. The smallest absolute Gasteiger partial charge is 0.269 e. The summed E-state index contributed by atoms with van der Waals surface area (Å²) in [7, 11) is 0. The van der Waals surface area contributed by atoms with Crippen LogP contribution in [-0.4, -0.2) is 20.8 Å². The van der Waals surface area contributed by atoms with Crippen molar-refractivity contribution in [1.29, 1.82) is 0 Å². The van der Waals surface area contributed by atoms with Crippen LogP contribution >= 0.6 is 0 Å². The second-order valence-electron chi connectivity index (χ2n) is 3.54. The molecule has 78 valence electrons. The van der Waals surface area contributed by atoms with Crippen molar-refractivity contribution in [3.05, 3.63) is 40.8 Å². The van der Waals surface area contributed by atoms with E-state index in [4.69, 9.17) is 0 Å². The molecule has 1 unspecified atom stereocenters. The van der Waals surface area contributed by atoms with Crippen LogP contribution in [0.2, 0.25) is 0 Å². The Balaban J connectivity index is 2.68. The van der Waals surface area contributed by atoms with Gasteiger partial charge in [0, 0.05) is 0 Å². The van der Waals surface area contributed by atoms with Gasteiger partial charge in [0.15, 0.2) is 0 Å². The second-order valence-corrected chi connectivity index (χ2v) is 3.54. The Bertz CT molecular complexity index is 531. The summed E-state index contributed by atoms with van der Waals surface area (Å²) < 4.78 is 1.53. The van der Waals surface area contributed by atoms with E-state index >= 15 is 0 Å². The van der Waals surface area contributed by atoms with Crippen LogP contribution in [0.4, 0.5) is 0 Å². The fourth-order valence-corrected chi connectivity index (χ4v) is 1.57. The Hall–Kier alpha value is -1.68. The number of nitrogens with zero attached hydrogens (tertiary/aromatic N) is 2. The van der Waals surface area contributed by atoms with Crippen molar-refractivity contribution >= 4 is 11.0 Å². The van der Waals surface area contributed by atoms with E-state index in [9.17, 15) is 9.90 Å². The van der Waals surface area contributed by atoms with Crippen molar-refractivity contribution < 1.29 is 5.11 Å². The third-order valence-corrected chi connectivity index (χ3v) is 2.20. The highest BCUT2D eigenvalue weighted by Gasteiger charge is 2.05. The van der Waals surface area contributed by atoms with E-state index in [0.29, 0.717) is 6.54 Å². The summed E-state index contributed by atoms with van der Waals surface area (Å²) in [5.74, 6) is 0. The first-order valence-electron chi connectivity index (χ1n) is 4.81. The third kappa shape index (κ3) is 1.89. The predicted octanol–water partition coefficient (Wildman–Crippen LogP) is 0.777. The summed E-state index contributed by atoms with van der Waals surface area (Å²) in [6.07, 6.45) is 0.735. The van der Waals surface area contributed by atoms with Gasteiger partial charge in [-0.05, 0) is 19.1 Å². The van der Waals surface area contributed by atoms with Crippen molar-refractivity contribution in [3.63, 3.8) is 0 Å². The summed E-state index contributed by atoms with van der Waals surface area (Å²) in [6.45, 7) is 1.95. The van der Waals surface area contributed by atoms with Crippen molar-refractivity contribution in [2.75, 3.05) is 0 Å². The Labute approximate surface area is 86.8 Å². The van der Waals surface area contributed by atoms with Gasteiger partial charge in [-0.1, -0.05) is 12.1 Å². The lowest BCUT2D eigenvalue weighted by Gasteiger charge is -2.10. The van der Waals surface area contributed by atoms with Crippen LogP contribution < -0.4 is 5.56 Å². The van der Waals surface area contributed by atoms with Gasteiger partial charge in [0.05, 0.1) is 29.9 Å². The van der Waals surface area contributed by atoms with Crippen LogP contribution in [0.15, 0.2) is 35.3 Å². The first-order valence-corrected chi connectivity index (χ1v) is 4.81. The van der Waals surface area contributed by atoms with E-state index in [-0.39, 0.29) is 5.56 Å². The molecule has 0 aliphatic heterocycles. The second kappa shape index (κ2) is 3.82. The van der Waals surface area contributed by atoms with Gasteiger partial charge in [0.25, 0.3) is 5.56 Å². The highest BCUT2D eigenvalue weighted by Crippen LogP contribution is 2.08. The number of hydrogen-bond acceptors (Lipinski definition) is 3. The van der Waals surface area contributed by atoms with E-state index < -0.39 is 6.10 Å². The highest BCUT2D eigenvalue weighted by molar-refractivity contribution is 5.74. The molecule has 4 nitrogen and oxygen atoms in total. The Kier molecular flexibility index (Phi) is 2.51. The van der Waals surface area contributed by atoms with Crippen LogP contribution in [0.1, 0.15) is 6.92 Å². The molecular formula is C11H12N2O2. The van der Waals surface area contributed by atoms with Crippen molar-refractivity contribution in [2.24, 2.45) is 0 Å². The molecule has 0 bridgehead atoms. The van der Waals surface area contributed by atoms with Gasteiger partial charge < -0.3 is 9.67 Å². The molecule has 4 heteroatoms. The predicted molar refractivity (Wildman–Crippen MR) is 57.7 cm³/mol. The van der Waals surface area contributed by atoms with Crippen LogP contribution in [0, 0.1) is 0 Å². The number of aromatic nitrogens is 2. The number of hydrogen-bond donors (Lipinski definition) is 1. The monoisotopic (exact) mass is 204 g/mol. The summed E-state index contributed by atoms with van der Waals surface area (Å²) in [4.78, 5) is 15.6. The van der Waals surface area contributed by atoms with Gasteiger partial charge in [0.2, 0.25) is 0 Å². The van der Waals surface area contributed by atoms with Crippen molar-refractivity contribution in [1.82, 2.24) is 9.55 Å². The Morgan fingerprint density at radius 1 is 1.47 bits per heavy atom. The molecule has 1 aromatic carbocycles. The molecule has 0 saturated heterocycles. The maximum absolute atomic E-state index is 11.6. The maximum atomic E-state index is 11.6. The molecule has 0 saturated carbocycles. The van der Waals surface area contributed by atoms with Crippen LogP contribution in [0.25, 0.3) is 11.0 Å². The van der Waals surface area contributed by atoms with Gasteiger partial charge >= 0.3 is 0 Å². The van der Waals surface area contributed by atoms with Crippen LogP contribution in [0.3, 0.4) is 0 Å². The lowest BCUT2D eigenvalue weighted by atomic mass is 10.3. The number of rotatable bonds is 2. The average Bonchev–Trinajstić information content (AvgIpc) is 2.22. The summed E-state index contributed by atoms with van der Waals surface area (Å²) in [5, 5.41) is 9.31. The van der Waals surface area contributed by atoms with Gasteiger partial charge in [-0.2, -0.15) is 0 Å². The van der Waals surface area contributed by atoms with Gasteiger partial charge in [-0.25, -0.2) is 4.98 Å². The molecule has 15 heavy (non-hydrogen) atoms. The summed E-state index contributed by atoms with van der Waals surface area (Å²) in [5.41, 5.74) is 1.33. The van der Waals surface area contributed by atoms with E-state index in [2.05, 4.69) is 4.98 Å². The molecule has 0 amide bonds. The number of aliphatic hydroxyl groups is 1. The first kappa shape index (κ1) is 9.86. The first-order chi connectivity index (χ1) is 7.18. The maximum Gasteiger partial charge on any atom is 0.269 e. The van der Waals surface area contributed by atoms with E-state index in [1.54, 1.807) is 6.92 Å². The number of aliphatic hydroxyl groups excluding tert-OH is 1. The molecule has 0 spiro atoms. The SMILES string of the molecule is CC(O)Cn1c(=O)cnc2ccccc21. The molecule has 2 rings (SSSR count). The molecule has 0 fully saturated rings. The van der Waals surface area contributed by atoms with Gasteiger partial charge in [0.1, 0.15) is 0 Å². The lowest BCUT2D eigenvalue weighted by molar-refractivity contribution is 0.174. The molecule has 2 aromatic rings. The molecule has 1 atom stereocenters. The quantitative estimate of drug-likeness (QED) is 0.786. The molecular weight excluding hydrogens is 192 g/mol. The average molecular weight is 204 g/mol. The number of fused-ring (bicyclic) bond motifs is 1. The van der Waals surface area contributed by atoms with E-state index in [0.717, 1.165) is 11.0 Å². The number of benzene rings is 1. The van der Waals surface area contributed by atoms with Gasteiger partial charge in [-0.15, -0.1) is 0 Å². The summed E-state index contributed by atoms with van der Waals surface area (Å²) in [6, 6.07) is 7.38. The fraction of sp³-hybridized carbons (Fsp3) is 0.273. The van der Waals surface area contributed by atoms with E-state index in [1.165, 1.54) is 10.8 Å². The Morgan fingerprint density at radius 2 is 2.20 bits per heavy atom. The molecule has 0 aliphatic carbocycles. The fourth-order valence-electron chi connectivity index (χ4n) is 1.57. The zero-order valence-corrected chi connectivity index (χ0v) is 8.42. The molecule has 1 heterocycles. The molecule has 0 aliphatic rings. The van der Waals surface area contributed by atoms with Crippen LogP contribution in [0.5, 0.6) is 0 Å². The van der Waals surface area contributed by atoms with Gasteiger partial charge in [-0.3, -0.25) is 4.79 Å². The minimum atomic E-state index is -0.548. The summed E-state index contributed by atoms with van der Waals surface area (Å²) >= 11 is 0. The Morgan fingerprint density at radius 3 is 2.93 bits per heavy atom. The standard InChI is InChI=1S/C11H12N2O2/c1-8(14)7-13-10-5-3-2-4-9(10)12-6-11(13)15/h2-6,8,14H,7H2,1H3. The third-order valence-electron chi connectivity index (χ3n) is 2.20. The molecule has 1 aromatic heterocycles. The van der Waals surface area contributed by atoms with Crippen LogP contribution in [-0.2, 0) is 6.54 Å². The van der Waals surface area contributed by atoms with Crippen molar-refractivity contribution in [2.45, 2.75) is 19.6 Å². The highest BCUT2D eigenvalue weighted by atomic mass is 16.3. The largest absolute Gasteiger partial charge is 0.392 e. The number of para-hydroxylation sites is 2. The minimum Gasteiger partial charge on any atom is -0.392 e. The lowest BCUT2D eigenvalue weighted by Crippen LogP contribution is -2.25. The molecule has 1 N–H and O–H groups in total. The zero-order chi connectivity index (χ0) is 10.8.